The van der Waals surface area contributed by atoms with Crippen LogP contribution in [0.3, 0.4) is 0 Å². The molecule has 0 radical (unpaired) electrons. The van der Waals surface area contributed by atoms with Crippen molar-refractivity contribution in [1.29, 1.82) is 0 Å². The maximum absolute atomic E-state index is 8.44. The Morgan fingerprint density at radius 1 is 1.67 bits per heavy atom. The van der Waals surface area contributed by atoms with E-state index in [2.05, 4.69) is 0 Å². The zero-order valence-corrected chi connectivity index (χ0v) is 5.18. The third-order valence-electron chi connectivity index (χ3n) is 0. The van der Waals surface area contributed by atoms with Gasteiger partial charge < -0.3 is 15.0 Å². The van der Waals surface area contributed by atoms with Gasteiger partial charge in [-0.25, -0.2) is 0 Å². The van der Waals surface area contributed by atoms with Crippen LogP contribution in [0, 0.1) is 0 Å². The molecule has 0 aromatic rings. The van der Waals surface area contributed by atoms with Gasteiger partial charge in [0.05, 0.1) is 0 Å². The molecule has 0 atom stereocenters. The number of hydrogen-bond donors (Lipinski definition) is 1. The van der Waals surface area contributed by atoms with E-state index in [1.54, 1.807) is 0 Å². The van der Waals surface area contributed by atoms with Crippen molar-refractivity contribution >= 4 is 6.16 Å². The molecule has 3 nitrogen and oxygen atoms in total. The minimum Gasteiger partial charge on any atom is -0.565 e. The zero-order chi connectivity index (χ0) is 3.58. The first-order valence-electron chi connectivity index (χ1n) is 0.632. The van der Waals surface area contributed by atoms with Crippen LogP contribution in [0.1, 0.15) is 0 Å². The fourth-order valence-electron chi connectivity index (χ4n) is 0. The Kier molecular flexibility index (Phi) is 24.3. The summed E-state index contributed by atoms with van der Waals surface area (Å²) in [5.41, 5.74) is 0. The summed E-state index contributed by atoms with van der Waals surface area (Å²) >= 11 is 0. The van der Waals surface area contributed by atoms with Crippen LogP contribution in [0.15, 0.2) is 0 Å². The Balaban J connectivity index is -0.0000000450. The maximum atomic E-state index is 8.44. The van der Waals surface area contributed by atoms with Gasteiger partial charge in [0, 0.05) is 21.1 Å². The molecular weight excluding hydrogens is 163 g/mol. The molecule has 1 N–H and O–H groups in total. The topological polar surface area (TPSA) is 60.4 Å². The quantitative estimate of drug-likeness (QED) is 0.370. The van der Waals surface area contributed by atoms with Crippen LogP contribution in [0.4, 0.5) is 4.79 Å². The number of carboxylic acid groups (broad SMARTS) is 2. The van der Waals surface area contributed by atoms with Crippen molar-refractivity contribution in [1.82, 2.24) is 0 Å². The summed E-state index contributed by atoms with van der Waals surface area (Å²) in [5.74, 6) is 0. The molecule has 0 aliphatic rings. The van der Waals surface area contributed by atoms with E-state index in [1.165, 1.54) is 0 Å². The number of hydrogen-bond acceptors (Lipinski definition) is 2. The number of rotatable bonds is 0. The van der Waals surface area contributed by atoms with Gasteiger partial charge in [0.15, 0.2) is 0 Å². The van der Waals surface area contributed by atoms with Crippen LogP contribution in [0.25, 0.3) is 0 Å². The Morgan fingerprint density at radius 2 is 1.67 bits per heavy atom. The van der Waals surface area contributed by atoms with Gasteiger partial charge in [-0.15, -0.1) is 0 Å². The summed E-state index contributed by atoms with van der Waals surface area (Å²) in [6, 6.07) is 0. The van der Waals surface area contributed by atoms with Gasteiger partial charge in [0.1, 0.15) is 0 Å². The third-order valence-corrected chi connectivity index (χ3v) is 0. The molecule has 0 rings (SSSR count). The van der Waals surface area contributed by atoms with E-state index >= 15 is 0 Å². The molecule has 0 saturated heterocycles. The van der Waals surface area contributed by atoms with E-state index in [-0.39, 0.29) is 39.9 Å². The van der Waals surface area contributed by atoms with Crippen molar-refractivity contribution in [2.24, 2.45) is 0 Å². The second-order valence-corrected chi connectivity index (χ2v) is 0.266. The van der Waals surface area contributed by atoms with Gasteiger partial charge in [-0.3, -0.25) is 0 Å². The molecule has 0 fully saturated rings. The predicted octanol–water partition coefficient (Wildman–Crippen LogP) is -4.11. The van der Waals surface area contributed by atoms with Crippen molar-refractivity contribution in [3.8, 4) is 0 Å². The van der Waals surface area contributed by atoms with Crippen LogP contribution in [-0.2, 0) is 21.1 Å². The average molecular weight is 164 g/mol. The second-order valence-electron chi connectivity index (χ2n) is 0.266. The van der Waals surface area contributed by atoms with Crippen molar-refractivity contribution in [3.05, 3.63) is 0 Å². The zero-order valence-electron chi connectivity index (χ0n) is 3.17. The molecule has 0 spiro atoms. The van der Waals surface area contributed by atoms with Gasteiger partial charge in [-0.2, -0.15) is 0 Å². The van der Waals surface area contributed by atoms with Gasteiger partial charge in [0.25, 0.3) is 0 Å². The average Bonchev–Trinajstić information content (AvgIpc) is 0.811. The Bertz CT molecular complexity index is 33.8. The minimum atomic E-state index is -2.08. The second kappa shape index (κ2) is 9.12. The normalized spacial score (nSPS) is 4.00. The molecule has 0 bridgehead atoms. The summed E-state index contributed by atoms with van der Waals surface area (Å²) < 4.78 is 0. The Labute approximate surface area is 61.2 Å². The van der Waals surface area contributed by atoms with Gasteiger partial charge in [-0.05, 0) is 0 Å². The molecular formula is CHLiMoO3. The smallest absolute Gasteiger partial charge is 0.565 e. The van der Waals surface area contributed by atoms with Crippen molar-refractivity contribution < 1.29 is 54.9 Å². The summed E-state index contributed by atoms with van der Waals surface area (Å²) in [5, 5.41) is 15.3. The molecule has 0 amide bonds. The van der Waals surface area contributed by atoms with Gasteiger partial charge in [0.2, 0.25) is 6.16 Å². The summed E-state index contributed by atoms with van der Waals surface area (Å²) in [6.45, 7) is 0. The predicted molar refractivity (Wildman–Crippen MR) is 8.02 cm³/mol. The number of carbonyl (C=O) groups is 1. The van der Waals surface area contributed by atoms with Crippen molar-refractivity contribution in [2.45, 2.75) is 0 Å². The first-order chi connectivity index (χ1) is 1.73. The van der Waals surface area contributed by atoms with Gasteiger partial charge >= 0.3 is 18.9 Å². The summed E-state index contributed by atoms with van der Waals surface area (Å²) in [4.78, 5) is 8.44. The van der Waals surface area contributed by atoms with Crippen LogP contribution < -0.4 is 24.0 Å². The third kappa shape index (κ3) is 187. The molecule has 0 heterocycles. The summed E-state index contributed by atoms with van der Waals surface area (Å²) in [7, 11) is 0. The standard InChI is InChI=1S/CH2O3.Li.Mo/c2-1(3)4;;/h(H2,2,3,4);;/q;+1;/p-1. The van der Waals surface area contributed by atoms with E-state index in [0.29, 0.717) is 0 Å². The van der Waals surface area contributed by atoms with E-state index in [9.17, 15) is 0 Å². The SMILES string of the molecule is O=C([O-])O.[Li+].[Mo]. The molecule has 0 aliphatic heterocycles. The van der Waals surface area contributed by atoms with Crippen LogP contribution in [0.5, 0.6) is 0 Å². The fourth-order valence-corrected chi connectivity index (χ4v) is 0. The van der Waals surface area contributed by atoms with E-state index < -0.39 is 6.16 Å². The first kappa shape index (κ1) is 16.0. The maximum Gasteiger partial charge on any atom is 1.00 e. The first-order valence-corrected chi connectivity index (χ1v) is 0.632. The molecule has 6 heavy (non-hydrogen) atoms. The molecule has 0 saturated carbocycles. The minimum absolute atomic E-state index is 0. The van der Waals surface area contributed by atoms with E-state index in [0.717, 1.165) is 0 Å². The van der Waals surface area contributed by atoms with Crippen molar-refractivity contribution in [2.75, 3.05) is 0 Å². The molecule has 0 aliphatic carbocycles. The molecule has 0 unspecified atom stereocenters. The van der Waals surface area contributed by atoms with E-state index in [4.69, 9.17) is 15.0 Å². The molecule has 0 aromatic heterocycles. The molecule has 30 valence electrons. The Morgan fingerprint density at radius 3 is 1.67 bits per heavy atom. The van der Waals surface area contributed by atoms with Crippen molar-refractivity contribution in [3.63, 3.8) is 0 Å². The van der Waals surface area contributed by atoms with Crippen LogP contribution in [-0.4, -0.2) is 11.3 Å². The van der Waals surface area contributed by atoms with E-state index in [1.807, 2.05) is 0 Å². The molecule has 5 heteroatoms. The van der Waals surface area contributed by atoms with Crippen LogP contribution >= 0.6 is 0 Å². The van der Waals surface area contributed by atoms with Gasteiger partial charge in [-0.1, -0.05) is 0 Å². The largest absolute Gasteiger partial charge is 1.00 e. The molecule has 0 aromatic carbocycles. The Hall–Kier alpha value is 0.556. The summed E-state index contributed by atoms with van der Waals surface area (Å²) in [6.07, 6.45) is -2.08. The fraction of sp³-hybridized carbons (Fsp3) is 0. The van der Waals surface area contributed by atoms with Crippen LogP contribution in [0.2, 0.25) is 0 Å². The monoisotopic (exact) mass is 166 g/mol.